The fourth-order valence-electron chi connectivity index (χ4n) is 2.30. The van der Waals surface area contributed by atoms with Crippen LogP contribution in [-0.4, -0.2) is 52.9 Å². The predicted octanol–water partition coefficient (Wildman–Crippen LogP) is 0.453. The third-order valence-electron chi connectivity index (χ3n) is 3.52. The first-order valence-corrected chi connectivity index (χ1v) is 7.00. The van der Waals surface area contributed by atoms with Crippen molar-refractivity contribution in [1.82, 2.24) is 14.7 Å². The van der Waals surface area contributed by atoms with Gasteiger partial charge in [0.1, 0.15) is 11.9 Å². The SMILES string of the molecule is CCn1nc(C)c(N)c1NC(C)C(=O)N1CCOCC1. The molecule has 7 heteroatoms. The standard InChI is InChI=1S/C13H23N5O2/c1-4-18-12(11(14)9(2)16-18)15-10(3)13(19)17-5-7-20-8-6-17/h10,15H,4-8,14H2,1-3H3. The lowest BCUT2D eigenvalue weighted by Crippen LogP contribution is -2.47. The summed E-state index contributed by atoms with van der Waals surface area (Å²) in [6.07, 6.45) is 0. The van der Waals surface area contributed by atoms with Gasteiger partial charge in [-0.05, 0) is 20.8 Å². The first-order chi connectivity index (χ1) is 9.54. The number of carbonyl (C=O) groups excluding carboxylic acids is 1. The van der Waals surface area contributed by atoms with Crippen LogP contribution in [0.2, 0.25) is 0 Å². The van der Waals surface area contributed by atoms with E-state index in [0.717, 1.165) is 11.5 Å². The largest absolute Gasteiger partial charge is 0.394 e. The van der Waals surface area contributed by atoms with Gasteiger partial charge < -0.3 is 20.7 Å². The summed E-state index contributed by atoms with van der Waals surface area (Å²) in [6.45, 7) is 8.91. The van der Waals surface area contributed by atoms with Crippen LogP contribution < -0.4 is 11.1 Å². The van der Waals surface area contributed by atoms with Crippen molar-refractivity contribution < 1.29 is 9.53 Å². The number of aryl methyl sites for hydroxylation is 2. The highest BCUT2D eigenvalue weighted by Gasteiger charge is 2.24. The number of nitrogens with one attached hydrogen (secondary N) is 1. The van der Waals surface area contributed by atoms with Crippen LogP contribution in [0, 0.1) is 6.92 Å². The van der Waals surface area contributed by atoms with E-state index in [1.54, 1.807) is 4.68 Å². The van der Waals surface area contributed by atoms with E-state index in [2.05, 4.69) is 10.4 Å². The number of hydrogen-bond acceptors (Lipinski definition) is 5. The second-order valence-corrected chi connectivity index (χ2v) is 4.97. The second-order valence-electron chi connectivity index (χ2n) is 4.97. The van der Waals surface area contributed by atoms with Gasteiger partial charge in [0.15, 0.2) is 0 Å². The Morgan fingerprint density at radius 3 is 2.75 bits per heavy atom. The molecule has 0 bridgehead atoms. The number of hydrogen-bond donors (Lipinski definition) is 2. The van der Waals surface area contributed by atoms with Crippen molar-refractivity contribution in [2.75, 3.05) is 37.4 Å². The minimum Gasteiger partial charge on any atom is -0.394 e. The van der Waals surface area contributed by atoms with E-state index < -0.39 is 0 Å². The summed E-state index contributed by atoms with van der Waals surface area (Å²) in [5, 5.41) is 7.53. The topological polar surface area (TPSA) is 85.4 Å². The van der Waals surface area contributed by atoms with Crippen LogP contribution >= 0.6 is 0 Å². The zero-order chi connectivity index (χ0) is 14.7. The van der Waals surface area contributed by atoms with Crippen LogP contribution in [0.5, 0.6) is 0 Å². The second kappa shape index (κ2) is 6.13. The number of carbonyl (C=O) groups is 1. The molecule has 1 aromatic rings. The molecule has 1 amide bonds. The number of morpholine rings is 1. The summed E-state index contributed by atoms with van der Waals surface area (Å²) in [5.41, 5.74) is 7.40. The Morgan fingerprint density at radius 1 is 1.50 bits per heavy atom. The lowest BCUT2D eigenvalue weighted by atomic mass is 10.2. The fraction of sp³-hybridized carbons (Fsp3) is 0.692. The maximum atomic E-state index is 12.4. The van der Waals surface area contributed by atoms with E-state index in [1.165, 1.54) is 0 Å². The van der Waals surface area contributed by atoms with E-state index in [0.29, 0.717) is 38.5 Å². The fourth-order valence-corrected chi connectivity index (χ4v) is 2.30. The average molecular weight is 281 g/mol. The minimum absolute atomic E-state index is 0.0641. The Morgan fingerprint density at radius 2 is 2.15 bits per heavy atom. The van der Waals surface area contributed by atoms with Gasteiger partial charge >= 0.3 is 0 Å². The molecule has 20 heavy (non-hydrogen) atoms. The van der Waals surface area contributed by atoms with Crippen molar-refractivity contribution >= 4 is 17.4 Å². The van der Waals surface area contributed by atoms with Gasteiger partial charge in [-0.15, -0.1) is 0 Å². The normalized spacial score (nSPS) is 17.1. The quantitative estimate of drug-likeness (QED) is 0.837. The Kier molecular flexibility index (Phi) is 4.49. The zero-order valence-corrected chi connectivity index (χ0v) is 12.3. The van der Waals surface area contributed by atoms with E-state index in [1.807, 2.05) is 25.7 Å². The summed E-state index contributed by atoms with van der Waals surface area (Å²) in [6, 6.07) is -0.336. The van der Waals surface area contributed by atoms with Gasteiger partial charge in [0.05, 0.1) is 24.6 Å². The van der Waals surface area contributed by atoms with E-state index >= 15 is 0 Å². The highest BCUT2D eigenvalue weighted by Crippen LogP contribution is 2.23. The summed E-state index contributed by atoms with van der Waals surface area (Å²) in [5.74, 6) is 0.785. The highest BCUT2D eigenvalue weighted by molar-refractivity contribution is 5.85. The van der Waals surface area contributed by atoms with Crippen molar-refractivity contribution in [3.8, 4) is 0 Å². The van der Waals surface area contributed by atoms with Crippen LogP contribution in [0.4, 0.5) is 11.5 Å². The summed E-state index contributed by atoms with van der Waals surface area (Å²) >= 11 is 0. The molecule has 1 atom stereocenters. The lowest BCUT2D eigenvalue weighted by molar-refractivity contribution is -0.135. The molecule has 1 aliphatic heterocycles. The van der Waals surface area contributed by atoms with Gasteiger partial charge in [-0.25, -0.2) is 4.68 Å². The Hall–Kier alpha value is -1.76. The van der Waals surface area contributed by atoms with Crippen molar-refractivity contribution in [2.24, 2.45) is 0 Å². The number of rotatable bonds is 4. The van der Waals surface area contributed by atoms with Gasteiger partial charge in [0, 0.05) is 19.6 Å². The number of nitrogens with two attached hydrogens (primary N) is 1. The van der Waals surface area contributed by atoms with Crippen molar-refractivity contribution in [3.05, 3.63) is 5.69 Å². The molecule has 1 fully saturated rings. The number of anilines is 2. The molecule has 7 nitrogen and oxygen atoms in total. The number of aromatic nitrogens is 2. The monoisotopic (exact) mass is 281 g/mol. The van der Waals surface area contributed by atoms with Gasteiger partial charge in [-0.3, -0.25) is 4.79 Å². The van der Waals surface area contributed by atoms with Crippen LogP contribution in [0.1, 0.15) is 19.5 Å². The molecule has 1 aromatic heterocycles. The predicted molar refractivity (Wildman–Crippen MR) is 77.5 cm³/mol. The minimum atomic E-state index is -0.336. The van der Waals surface area contributed by atoms with Gasteiger partial charge in [0.25, 0.3) is 0 Å². The number of nitrogens with zero attached hydrogens (tertiary/aromatic N) is 3. The summed E-state index contributed by atoms with van der Waals surface area (Å²) in [7, 11) is 0. The average Bonchev–Trinajstić information content (AvgIpc) is 2.75. The van der Waals surface area contributed by atoms with Crippen LogP contribution in [0.3, 0.4) is 0 Å². The van der Waals surface area contributed by atoms with E-state index in [9.17, 15) is 4.79 Å². The Bertz CT molecular complexity index is 479. The lowest BCUT2D eigenvalue weighted by Gasteiger charge is -2.29. The Balaban J connectivity index is 2.07. The van der Waals surface area contributed by atoms with Crippen LogP contribution in [-0.2, 0) is 16.1 Å². The summed E-state index contributed by atoms with van der Waals surface area (Å²) in [4.78, 5) is 14.2. The molecule has 1 unspecified atom stereocenters. The third kappa shape index (κ3) is 2.87. The molecule has 1 aliphatic rings. The van der Waals surface area contributed by atoms with Crippen LogP contribution in [0.15, 0.2) is 0 Å². The molecule has 2 heterocycles. The molecular weight excluding hydrogens is 258 g/mol. The molecule has 0 saturated carbocycles. The molecule has 1 saturated heterocycles. The van der Waals surface area contributed by atoms with Gasteiger partial charge in [0.2, 0.25) is 5.91 Å². The maximum absolute atomic E-state index is 12.4. The first-order valence-electron chi connectivity index (χ1n) is 7.00. The molecule has 0 radical (unpaired) electrons. The third-order valence-corrected chi connectivity index (χ3v) is 3.52. The molecule has 112 valence electrons. The number of amides is 1. The molecule has 3 N–H and O–H groups in total. The van der Waals surface area contributed by atoms with Crippen molar-refractivity contribution in [2.45, 2.75) is 33.4 Å². The van der Waals surface area contributed by atoms with E-state index in [4.69, 9.17) is 10.5 Å². The van der Waals surface area contributed by atoms with E-state index in [-0.39, 0.29) is 11.9 Å². The van der Waals surface area contributed by atoms with Gasteiger partial charge in [-0.2, -0.15) is 5.10 Å². The molecular formula is C13H23N5O2. The smallest absolute Gasteiger partial charge is 0.244 e. The van der Waals surface area contributed by atoms with Gasteiger partial charge in [-0.1, -0.05) is 0 Å². The van der Waals surface area contributed by atoms with Crippen LogP contribution in [0.25, 0.3) is 0 Å². The highest BCUT2D eigenvalue weighted by atomic mass is 16.5. The van der Waals surface area contributed by atoms with Crippen molar-refractivity contribution in [1.29, 1.82) is 0 Å². The molecule has 2 rings (SSSR count). The molecule has 0 aromatic carbocycles. The first kappa shape index (κ1) is 14.6. The molecule has 0 aliphatic carbocycles. The summed E-state index contributed by atoms with van der Waals surface area (Å²) < 4.78 is 7.04. The van der Waals surface area contributed by atoms with Crippen molar-refractivity contribution in [3.63, 3.8) is 0 Å². The molecule has 0 spiro atoms. The number of nitrogen functional groups attached to an aromatic ring is 1. The Labute approximate surface area is 119 Å². The maximum Gasteiger partial charge on any atom is 0.244 e. The number of ether oxygens (including phenoxy) is 1. The zero-order valence-electron chi connectivity index (χ0n) is 12.3.